The van der Waals surface area contributed by atoms with Gasteiger partial charge < -0.3 is 14.9 Å². The van der Waals surface area contributed by atoms with E-state index in [0.29, 0.717) is 17.0 Å². The van der Waals surface area contributed by atoms with E-state index in [2.05, 4.69) is 26.5 Å². The number of carbonyl (C=O) groups is 1. The van der Waals surface area contributed by atoms with Gasteiger partial charge in [0.25, 0.3) is 5.91 Å². The third-order valence-corrected chi connectivity index (χ3v) is 3.79. The van der Waals surface area contributed by atoms with E-state index < -0.39 is 5.91 Å². The minimum Gasteiger partial charge on any atom is -0.508 e. The summed E-state index contributed by atoms with van der Waals surface area (Å²) in [7, 11) is 0. The number of ether oxygens (including phenoxy) is 1. The van der Waals surface area contributed by atoms with Crippen molar-refractivity contribution < 1.29 is 19.7 Å². The first-order valence-corrected chi connectivity index (χ1v) is 7.90. The Morgan fingerprint density at radius 3 is 2.67 bits per heavy atom. The number of hydrogen-bond acceptors (Lipinski definition) is 5. The Kier molecular flexibility index (Phi) is 5.81. The van der Waals surface area contributed by atoms with Crippen molar-refractivity contribution in [3.05, 3.63) is 52.0 Å². The molecular weight excluding hydrogens is 376 g/mol. The standard InChI is InChI=1S/C17H17BrN2O4/c1-10-3-6-16(14(18)7-10)24-9-17(23)20-19-11(2)13-5-4-12(21)8-15(13)22/h3-8,21-22H,9H2,1-2H3,(H,20,23)/b19-11-. The van der Waals surface area contributed by atoms with Crippen LogP contribution >= 0.6 is 15.9 Å². The highest BCUT2D eigenvalue weighted by molar-refractivity contribution is 9.10. The molecule has 2 aromatic rings. The van der Waals surface area contributed by atoms with E-state index in [1.807, 2.05) is 19.1 Å². The topological polar surface area (TPSA) is 91.2 Å². The normalized spacial score (nSPS) is 11.2. The minimum atomic E-state index is -0.430. The molecule has 6 nitrogen and oxygen atoms in total. The van der Waals surface area contributed by atoms with Crippen LogP contribution in [0.3, 0.4) is 0 Å². The van der Waals surface area contributed by atoms with Crippen LogP contribution in [0.2, 0.25) is 0 Å². The molecule has 24 heavy (non-hydrogen) atoms. The number of phenols is 2. The predicted molar refractivity (Wildman–Crippen MR) is 94.5 cm³/mol. The molecule has 0 radical (unpaired) electrons. The molecule has 126 valence electrons. The maximum absolute atomic E-state index is 11.8. The Bertz CT molecular complexity index is 790. The van der Waals surface area contributed by atoms with Gasteiger partial charge in [0, 0.05) is 11.6 Å². The van der Waals surface area contributed by atoms with Gasteiger partial charge in [-0.2, -0.15) is 5.10 Å². The van der Waals surface area contributed by atoms with Crippen LogP contribution in [0.5, 0.6) is 17.2 Å². The first-order valence-electron chi connectivity index (χ1n) is 7.11. The number of rotatable bonds is 5. The minimum absolute atomic E-state index is 0.0508. The van der Waals surface area contributed by atoms with E-state index in [1.54, 1.807) is 13.0 Å². The number of hydrazone groups is 1. The van der Waals surface area contributed by atoms with E-state index in [-0.39, 0.29) is 18.1 Å². The average Bonchev–Trinajstić information content (AvgIpc) is 2.51. The van der Waals surface area contributed by atoms with Gasteiger partial charge in [-0.15, -0.1) is 0 Å². The van der Waals surface area contributed by atoms with E-state index in [0.717, 1.165) is 10.0 Å². The Hall–Kier alpha value is -2.54. The van der Waals surface area contributed by atoms with Gasteiger partial charge in [0.05, 0.1) is 10.2 Å². The monoisotopic (exact) mass is 392 g/mol. The number of benzene rings is 2. The van der Waals surface area contributed by atoms with Crippen LogP contribution in [0.25, 0.3) is 0 Å². The predicted octanol–water partition coefficient (Wildman–Crippen LogP) is 3.09. The molecule has 0 aliphatic rings. The lowest BCUT2D eigenvalue weighted by atomic mass is 10.1. The van der Waals surface area contributed by atoms with Gasteiger partial charge in [0.1, 0.15) is 17.2 Å². The van der Waals surface area contributed by atoms with E-state index in [9.17, 15) is 15.0 Å². The summed E-state index contributed by atoms with van der Waals surface area (Å²) in [6.07, 6.45) is 0. The molecule has 0 bridgehead atoms. The van der Waals surface area contributed by atoms with E-state index in [4.69, 9.17) is 4.74 Å². The lowest BCUT2D eigenvalue weighted by Crippen LogP contribution is -2.25. The Labute approximate surface area is 147 Å². The van der Waals surface area contributed by atoms with Gasteiger partial charge in [-0.3, -0.25) is 4.79 Å². The molecule has 1 amide bonds. The van der Waals surface area contributed by atoms with Crippen molar-refractivity contribution in [2.45, 2.75) is 13.8 Å². The maximum Gasteiger partial charge on any atom is 0.277 e. The summed E-state index contributed by atoms with van der Waals surface area (Å²) < 4.78 is 6.19. The van der Waals surface area contributed by atoms with Gasteiger partial charge in [-0.25, -0.2) is 5.43 Å². The molecule has 2 aromatic carbocycles. The second-order valence-electron chi connectivity index (χ2n) is 5.16. The second kappa shape index (κ2) is 7.83. The summed E-state index contributed by atoms with van der Waals surface area (Å²) in [5.41, 5.74) is 4.25. The van der Waals surface area contributed by atoms with Crippen molar-refractivity contribution in [1.29, 1.82) is 0 Å². The highest BCUT2D eigenvalue weighted by Gasteiger charge is 2.08. The first kappa shape index (κ1) is 17.8. The largest absolute Gasteiger partial charge is 0.508 e. The van der Waals surface area contributed by atoms with Crippen LogP contribution < -0.4 is 10.2 Å². The van der Waals surface area contributed by atoms with Crippen molar-refractivity contribution >= 4 is 27.5 Å². The third-order valence-electron chi connectivity index (χ3n) is 3.17. The summed E-state index contributed by atoms with van der Waals surface area (Å²) in [5.74, 6) is -0.0387. The summed E-state index contributed by atoms with van der Waals surface area (Å²) >= 11 is 3.37. The lowest BCUT2D eigenvalue weighted by molar-refractivity contribution is -0.123. The first-order chi connectivity index (χ1) is 11.4. The van der Waals surface area contributed by atoms with Gasteiger partial charge >= 0.3 is 0 Å². The third kappa shape index (κ3) is 4.73. The number of nitrogens with zero attached hydrogens (tertiary/aromatic N) is 1. The number of phenolic OH excluding ortho intramolecular Hbond substituents is 2. The number of hydrogen-bond donors (Lipinski definition) is 3. The number of carbonyl (C=O) groups excluding carboxylic acids is 1. The number of nitrogens with one attached hydrogen (secondary N) is 1. The summed E-state index contributed by atoms with van der Waals surface area (Å²) in [6.45, 7) is 3.39. The molecule has 7 heteroatoms. The molecule has 0 aromatic heterocycles. The van der Waals surface area contributed by atoms with Crippen LogP contribution in [0.1, 0.15) is 18.1 Å². The highest BCUT2D eigenvalue weighted by Crippen LogP contribution is 2.25. The van der Waals surface area contributed by atoms with Crippen LogP contribution in [0, 0.1) is 6.92 Å². The van der Waals surface area contributed by atoms with Crippen molar-refractivity contribution in [3.8, 4) is 17.2 Å². The number of aromatic hydroxyl groups is 2. The quantitative estimate of drug-likeness (QED) is 0.538. The van der Waals surface area contributed by atoms with Crippen LogP contribution in [0.15, 0.2) is 46.0 Å². The van der Waals surface area contributed by atoms with Crippen molar-refractivity contribution in [2.24, 2.45) is 5.10 Å². The van der Waals surface area contributed by atoms with Crippen LogP contribution in [-0.4, -0.2) is 28.4 Å². The van der Waals surface area contributed by atoms with Gasteiger partial charge in [-0.05, 0) is 59.6 Å². The van der Waals surface area contributed by atoms with Crippen molar-refractivity contribution in [2.75, 3.05) is 6.61 Å². The number of halogens is 1. The highest BCUT2D eigenvalue weighted by atomic mass is 79.9. The molecular formula is C17H17BrN2O4. The zero-order valence-corrected chi connectivity index (χ0v) is 14.8. The molecule has 0 fully saturated rings. The molecule has 0 spiro atoms. The van der Waals surface area contributed by atoms with Crippen molar-refractivity contribution in [3.63, 3.8) is 0 Å². The van der Waals surface area contributed by atoms with Gasteiger partial charge in [-0.1, -0.05) is 6.07 Å². The molecule has 0 heterocycles. The van der Waals surface area contributed by atoms with Gasteiger partial charge in [0.15, 0.2) is 6.61 Å². The summed E-state index contributed by atoms with van der Waals surface area (Å²) in [5, 5.41) is 22.9. The molecule has 0 atom stereocenters. The fourth-order valence-electron chi connectivity index (χ4n) is 1.93. The molecule has 0 unspecified atom stereocenters. The Balaban J connectivity index is 1.94. The fraction of sp³-hybridized carbons (Fsp3) is 0.176. The van der Waals surface area contributed by atoms with Crippen LogP contribution in [-0.2, 0) is 4.79 Å². The lowest BCUT2D eigenvalue weighted by Gasteiger charge is -2.08. The molecule has 0 aliphatic heterocycles. The number of aryl methyl sites for hydroxylation is 1. The molecule has 0 saturated heterocycles. The zero-order valence-electron chi connectivity index (χ0n) is 13.2. The fourth-order valence-corrected chi connectivity index (χ4v) is 2.54. The number of amides is 1. The maximum atomic E-state index is 11.8. The molecule has 0 saturated carbocycles. The van der Waals surface area contributed by atoms with Gasteiger partial charge in [0.2, 0.25) is 0 Å². The van der Waals surface area contributed by atoms with E-state index >= 15 is 0 Å². The SMILES string of the molecule is C/C(=N/NC(=O)COc1ccc(C)cc1Br)c1ccc(O)cc1O. The molecule has 0 aliphatic carbocycles. The Morgan fingerprint density at radius 2 is 2.00 bits per heavy atom. The zero-order chi connectivity index (χ0) is 17.7. The second-order valence-corrected chi connectivity index (χ2v) is 6.01. The Morgan fingerprint density at radius 1 is 1.25 bits per heavy atom. The van der Waals surface area contributed by atoms with Crippen molar-refractivity contribution in [1.82, 2.24) is 5.43 Å². The van der Waals surface area contributed by atoms with Crippen LogP contribution in [0.4, 0.5) is 0 Å². The van der Waals surface area contributed by atoms with E-state index in [1.165, 1.54) is 18.2 Å². The average molecular weight is 393 g/mol. The summed E-state index contributed by atoms with van der Waals surface area (Å²) in [4.78, 5) is 11.8. The molecule has 3 N–H and O–H groups in total. The smallest absolute Gasteiger partial charge is 0.277 e. The summed E-state index contributed by atoms with van der Waals surface area (Å²) in [6, 6.07) is 9.68. The molecule has 2 rings (SSSR count).